The number of alkyl halides is 3. The third-order valence-corrected chi connectivity index (χ3v) is 3.39. The molecule has 0 spiro atoms. The highest BCUT2D eigenvalue weighted by Gasteiger charge is 2.46. The molecule has 4 heteroatoms. The van der Waals surface area contributed by atoms with Crippen molar-refractivity contribution in [2.75, 3.05) is 13.1 Å². The Morgan fingerprint density at radius 1 is 1.33 bits per heavy atom. The zero-order valence-corrected chi connectivity index (χ0v) is 9.04. The minimum atomic E-state index is -1.06. The molecule has 2 unspecified atom stereocenters. The number of nitrogens with zero attached hydrogens (tertiary/aromatic N) is 1. The maximum atomic E-state index is 5.68. The van der Waals surface area contributed by atoms with E-state index in [1.165, 1.54) is 19.4 Å². The molecule has 0 amide bonds. The highest BCUT2D eigenvalue weighted by molar-refractivity contribution is 6.67. The van der Waals surface area contributed by atoms with Gasteiger partial charge in [-0.1, -0.05) is 34.8 Å². The van der Waals surface area contributed by atoms with Crippen LogP contribution in [0.3, 0.4) is 0 Å². The summed E-state index contributed by atoms with van der Waals surface area (Å²) in [7, 11) is 0. The summed E-state index contributed by atoms with van der Waals surface area (Å²) in [5, 5.41) is 0. The van der Waals surface area contributed by atoms with Gasteiger partial charge in [0.1, 0.15) is 0 Å². The third kappa shape index (κ3) is 2.20. The van der Waals surface area contributed by atoms with E-state index in [0.717, 1.165) is 18.5 Å². The number of likely N-dealkylation sites (tertiary alicyclic amines) is 1. The molecule has 1 saturated heterocycles. The Balaban J connectivity index is 1.73. The molecule has 2 atom stereocenters. The summed E-state index contributed by atoms with van der Waals surface area (Å²) in [4.78, 5) is 2.45. The van der Waals surface area contributed by atoms with Gasteiger partial charge in [0.2, 0.25) is 0 Å². The molecule has 0 aromatic carbocycles. The van der Waals surface area contributed by atoms with Crippen molar-refractivity contribution in [2.24, 2.45) is 5.92 Å². The fraction of sp³-hybridized carbons (Fsp3) is 1.00. The van der Waals surface area contributed by atoms with Gasteiger partial charge in [-0.15, -0.1) is 0 Å². The molecule has 0 aromatic rings. The largest absolute Gasteiger partial charge is 0.300 e. The van der Waals surface area contributed by atoms with Gasteiger partial charge < -0.3 is 0 Å². The third-order valence-electron chi connectivity index (χ3n) is 2.82. The molecule has 1 nitrogen and oxygen atoms in total. The summed E-state index contributed by atoms with van der Waals surface area (Å²) in [5.74, 6) is 0.973. The SMILES string of the molecule is ClC(Cl)(Cl)CCN1CCC2CC21. The molecule has 1 aliphatic carbocycles. The lowest BCUT2D eigenvalue weighted by molar-refractivity contribution is 0.297. The van der Waals surface area contributed by atoms with Gasteiger partial charge in [0, 0.05) is 19.0 Å². The second kappa shape index (κ2) is 3.20. The van der Waals surface area contributed by atoms with Gasteiger partial charge in [0.05, 0.1) is 0 Å². The fourth-order valence-corrected chi connectivity index (χ4v) is 2.29. The van der Waals surface area contributed by atoms with Gasteiger partial charge in [-0.2, -0.15) is 0 Å². The molecule has 0 bridgehead atoms. The standard InChI is InChI=1S/C8H12Cl3N/c9-8(10,11)2-4-12-3-1-6-5-7(6)12/h6-7H,1-5H2. The number of piperidine rings is 1. The predicted molar refractivity (Wildman–Crippen MR) is 53.0 cm³/mol. The molecule has 0 radical (unpaired) electrons. The summed E-state index contributed by atoms with van der Waals surface area (Å²) >= 11 is 17.0. The first-order chi connectivity index (χ1) is 5.56. The van der Waals surface area contributed by atoms with Crippen LogP contribution in [-0.4, -0.2) is 27.8 Å². The van der Waals surface area contributed by atoms with Crippen LogP contribution in [0.4, 0.5) is 0 Å². The molecule has 0 aromatic heterocycles. The van der Waals surface area contributed by atoms with Crippen LogP contribution in [0.5, 0.6) is 0 Å². The Bertz CT molecular complexity index is 178. The smallest absolute Gasteiger partial charge is 0.191 e. The molecular weight excluding hydrogens is 216 g/mol. The maximum Gasteiger partial charge on any atom is 0.191 e. The van der Waals surface area contributed by atoms with Gasteiger partial charge >= 0.3 is 0 Å². The Labute approximate surface area is 88.0 Å². The molecule has 2 fully saturated rings. The summed E-state index contributed by atoms with van der Waals surface area (Å²) in [6.45, 7) is 2.15. The second-order valence-corrected chi connectivity index (χ2v) is 6.27. The second-order valence-electron chi connectivity index (χ2n) is 3.75. The summed E-state index contributed by atoms with van der Waals surface area (Å²) in [6, 6.07) is 0.831. The van der Waals surface area contributed by atoms with Crippen LogP contribution in [0.15, 0.2) is 0 Å². The molecule has 0 N–H and O–H groups in total. The number of rotatable bonds is 2. The molecule has 12 heavy (non-hydrogen) atoms. The predicted octanol–water partition coefficient (Wildman–Crippen LogP) is 2.84. The lowest BCUT2D eigenvalue weighted by Crippen LogP contribution is -2.27. The minimum absolute atomic E-state index is 0.654. The first-order valence-corrected chi connectivity index (χ1v) is 5.50. The van der Waals surface area contributed by atoms with E-state index in [1.807, 2.05) is 0 Å². The van der Waals surface area contributed by atoms with Crippen LogP contribution in [0.1, 0.15) is 19.3 Å². The number of hydrogen-bond acceptors (Lipinski definition) is 1. The summed E-state index contributed by atoms with van der Waals surface area (Å²) in [6.07, 6.45) is 3.38. The van der Waals surface area contributed by atoms with Gasteiger partial charge in [-0.05, 0) is 25.3 Å². The van der Waals surface area contributed by atoms with Gasteiger partial charge in [-0.25, -0.2) is 0 Å². The highest BCUT2D eigenvalue weighted by Crippen LogP contribution is 2.45. The van der Waals surface area contributed by atoms with Gasteiger partial charge in [0.15, 0.2) is 3.79 Å². The first kappa shape index (κ1) is 9.39. The number of hydrogen-bond donors (Lipinski definition) is 0. The van der Waals surface area contributed by atoms with Crippen molar-refractivity contribution in [3.63, 3.8) is 0 Å². The van der Waals surface area contributed by atoms with Crippen LogP contribution < -0.4 is 0 Å². The van der Waals surface area contributed by atoms with Crippen LogP contribution >= 0.6 is 34.8 Å². The Morgan fingerprint density at radius 3 is 2.50 bits per heavy atom. The zero-order valence-electron chi connectivity index (χ0n) is 6.77. The Hall–Kier alpha value is 0.830. The molecule has 1 aliphatic heterocycles. The van der Waals surface area contributed by atoms with Gasteiger partial charge in [-0.3, -0.25) is 4.90 Å². The number of fused-ring (bicyclic) bond motifs is 1. The van der Waals surface area contributed by atoms with E-state index >= 15 is 0 Å². The minimum Gasteiger partial charge on any atom is -0.300 e. The monoisotopic (exact) mass is 227 g/mol. The highest BCUT2D eigenvalue weighted by atomic mass is 35.6. The van der Waals surface area contributed by atoms with Crippen molar-refractivity contribution in [1.82, 2.24) is 4.90 Å². The van der Waals surface area contributed by atoms with Crippen LogP contribution in [0, 0.1) is 5.92 Å². The average molecular weight is 229 g/mol. The van der Waals surface area contributed by atoms with Crippen molar-refractivity contribution >= 4 is 34.8 Å². The molecule has 2 rings (SSSR count). The fourth-order valence-electron chi connectivity index (χ4n) is 2.03. The van der Waals surface area contributed by atoms with Gasteiger partial charge in [0.25, 0.3) is 0 Å². The van der Waals surface area contributed by atoms with Crippen molar-refractivity contribution in [3.8, 4) is 0 Å². The van der Waals surface area contributed by atoms with E-state index in [4.69, 9.17) is 34.8 Å². The normalized spacial score (nSPS) is 35.2. The van der Waals surface area contributed by atoms with E-state index < -0.39 is 3.79 Å². The van der Waals surface area contributed by atoms with E-state index in [2.05, 4.69) is 4.90 Å². The molecule has 70 valence electrons. The van der Waals surface area contributed by atoms with Crippen molar-refractivity contribution in [1.29, 1.82) is 0 Å². The first-order valence-electron chi connectivity index (χ1n) is 4.37. The summed E-state index contributed by atoms with van der Waals surface area (Å²) < 4.78 is -1.06. The Kier molecular flexibility index (Phi) is 2.50. The van der Waals surface area contributed by atoms with Crippen LogP contribution in [0.2, 0.25) is 0 Å². The molecule has 1 saturated carbocycles. The molecular formula is C8H12Cl3N. The van der Waals surface area contributed by atoms with E-state index in [0.29, 0.717) is 6.42 Å². The lowest BCUT2D eigenvalue weighted by atomic mass is 10.3. The average Bonchev–Trinajstić information content (AvgIpc) is 2.60. The topological polar surface area (TPSA) is 3.24 Å². The molecule has 1 heterocycles. The van der Waals surface area contributed by atoms with Crippen molar-refractivity contribution in [2.45, 2.75) is 29.1 Å². The van der Waals surface area contributed by atoms with E-state index in [9.17, 15) is 0 Å². The zero-order chi connectivity index (χ0) is 8.77. The molecule has 2 aliphatic rings. The number of halogens is 3. The Morgan fingerprint density at radius 2 is 2.08 bits per heavy atom. The van der Waals surface area contributed by atoms with E-state index in [-0.39, 0.29) is 0 Å². The summed E-state index contributed by atoms with van der Waals surface area (Å²) in [5.41, 5.74) is 0. The van der Waals surface area contributed by atoms with Crippen molar-refractivity contribution < 1.29 is 0 Å². The van der Waals surface area contributed by atoms with Crippen LogP contribution in [-0.2, 0) is 0 Å². The quantitative estimate of drug-likeness (QED) is 0.657. The van der Waals surface area contributed by atoms with Crippen LogP contribution in [0.25, 0.3) is 0 Å². The van der Waals surface area contributed by atoms with E-state index in [1.54, 1.807) is 0 Å². The lowest BCUT2D eigenvalue weighted by Gasteiger charge is -2.19. The maximum absolute atomic E-state index is 5.68. The van der Waals surface area contributed by atoms with Crippen molar-refractivity contribution in [3.05, 3.63) is 0 Å².